The molecule has 3 N–H and O–H groups in total. The van der Waals surface area contributed by atoms with E-state index in [9.17, 15) is 4.79 Å². The number of nitrogens with two attached hydrogens (primary N) is 1. The topological polar surface area (TPSA) is 97.0 Å². The van der Waals surface area contributed by atoms with E-state index in [1.54, 1.807) is 22.3 Å². The quantitative estimate of drug-likeness (QED) is 0.706. The number of carbonyl (C=O) groups excluding carboxylic acids is 1. The molecule has 1 aliphatic heterocycles. The van der Waals surface area contributed by atoms with Crippen LogP contribution in [0.1, 0.15) is 16.3 Å². The van der Waals surface area contributed by atoms with Gasteiger partial charge in [0.1, 0.15) is 5.82 Å². The summed E-state index contributed by atoms with van der Waals surface area (Å²) in [5.41, 5.74) is 8.32. The smallest absolute Gasteiger partial charge is 0.323 e. The Morgan fingerprint density at radius 2 is 1.96 bits per heavy atom. The fourth-order valence-corrected chi connectivity index (χ4v) is 3.94. The number of nitrogen functional groups attached to an aromatic ring is 1. The zero-order valence-electron chi connectivity index (χ0n) is 15.8. The zero-order chi connectivity index (χ0) is 19.7. The number of urea groups is 1. The Hall–Kier alpha value is -3.00. The maximum absolute atomic E-state index is 12.5. The van der Waals surface area contributed by atoms with Gasteiger partial charge in [0.05, 0.1) is 16.3 Å². The summed E-state index contributed by atoms with van der Waals surface area (Å²) < 4.78 is 0. The Balaban J connectivity index is 1.36. The first-order valence-electron chi connectivity index (χ1n) is 9.14. The SMILES string of the molecule is Cc1cnc(CC2CN(C(=O)Nc3nc(-c4ccc(C)s4)ccc3N)C2)nc1. The molecule has 2 amide bonds. The van der Waals surface area contributed by atoms with Crippen molar-refractivity contribution >= 4 is 28.9 Å². The number of hydrogen-bond acceptors (Lipinski definition) is 6. The number of aryl methyl sites for hydroxylation is 2. The number of pyridine rings is 1. The Labute approximate surface area is 167 Å². The molecule has 8 heteroatoms. The summed E-state index contributed by atoms with van der Waals surface area (Å²) in [5.74, 6) is 1.60. The van der Waals surface area contributed by atoms with Crippen LogP contribution in [0.25, 0.3) is 10.6 Å². The third-order valence-corrected chi connectivity index (χ3v) is 5.72. The van der Waals surface area contributed by atoms with Crippen molar-refractivity contribution in [3.05, 3.63) is 52.9 Å². The largest absolute Gasteiger partial charge is 0.396 e. The van der Waals surface area contributed by atoms with Gasteiger partial charge in [-0.15, -0.1) is 11.3 Å². The van der Waals surface area contributed by atoms with Crippen molar-refractivity contribution in [1.82, 2.24) is 19.9 Å². The number of nitrogens with one attached hydrogen (secondary N) is 1. The molecule has 0 unspecified atom stereocenters. The maximum Gasteiger partial charge on any atom is 0.323 e. The molecule has 0 aromatic carbocycles. The van der Waals surface area contributed by atoms with Gasteiger partial charge in [-0.3, -0.25) is 5.32 Å². The average Bonchev–Trinajstić information content (AvgIpc) is 3.07. The summed E-state index contributed by atoms with van der Waals surface area (Å²) in [6.07, 6.45) is 4.42. The van der Waals surface area contributed by atoms with Crippen LogP contribution in [-0.4, -0.2) is 39.0 Å². The molecule has 1 fully saturated rings. The molecule has 0 aliphatic carbocycles. The van der Waals surface area contributed by atoms with Crippen LogP contribution >= 0.6 is 11.3 Å². The van der Waals surface area contributed by atoms with Gasteiger partial charge in [0.2, 0.25) is 0 Å². The van der Waals surface area contributed by atoms with Gasteiger partial charge in [-0.2, -0.15) is 0 Å². The standard InChI is InChI=1S/C20H22N6OS/c1-12-8-22-18(23-9-12)7-14-10-26(11-14)20(27)25-19-15(21)4-5-16(24-19)17-6-3-13(2)28-17/h3-6,8-9,14H,7,10-11,21H2,1-2H3,(H,24,25,27). The third-order valence-electron chi connectivity index (χ3n) is 4.69. The number of rotatable bonds is 4. The first-order chi connectivity index (χ1) is 13.5. The normalized spacial score (nSPS) is 14.0. The summed E-state index contributed by atoms with van der Waals surface area (Å²) >= 11 is 1.66. The van der Waals surface area contributed by atoms with Crippen LogP contribution in [0.3, 0.4) is 0 Å². The lowest BCUT2D eigenvalue weighted by Crippen LogP contribution is -2.52. The Bertz CT molecular complexity index is 994. The first kappa shape index (κ1) is 18.4. The molecule has 0 radical (unpaired) electrons. The van der Waals surface area contributed by atoms with Gasteiger partial charge in [0.15, 0.2) is 5.82 Å². The minimum Gasteiger partial charge on any atom is -0.396 e. The Morgan fingerprint density at radius 3 is 2.64 bits per heavy atom. The molecule has 1 saturated heterocycles. The summed E-state index contributed by atoms with van der Waals surface area (Å²) in [7, 11) is 0. The molecule has 0 bridgehead atoms. The van der Waals surface area contributed by atoms with Crippen molar-refractivity contribution in [3.63, 3.8) is 0 Å². The van der Waals surface area contributed by atoms with Crippen LogP contribution < -0.4 is 11.1 Å². The van der Waals surface area contributed by atoms with Gasteiger partial charge in [-0.05, 0) is 43.7 Å². The van der Waals surface area contributed by atoms with E-state index in [2.05, 4.69) is 27.2 Å². The summed E-state index contributed by atoms with van der Waals surface area (Å²) in [6, 6.07) is 7.55. The molecule has 0 saturated carbocycles. The van der Waals surface area contributed by atoms with E-state index in [-0.39, 0.29) is 6.03 Å². The van der Waals surface area contributed by atoms with Crippen molar-refractivity contribution in [2.75, 3.05) is 24.1 Å². The predicted octanol–water partition coefficient (Wildman–Crippen LogP) is 3.51. The van der Waals surface area contributed by atoms with Gasteiger partial charge < -0.3 is 10.6 Å². The van der Waals surface area contributed by atoms with Crippen LogP contribution in [0.5, 0.6) is 0 Å². The third kappa shape index (κ3) is 3.96. The first-order valence-corrected chi connectivity index (χ1v) is 9.96. The molecule has 4 heterocycles. The number of aromatic nitrogens is 3. The van der Waals surface area contributed by atoms with Gasteiger partial charge in [-0.1, -0.05) is 0 Å². The number of anilines is 2. The summed E-state index contributed by atoms with van der Waals surface area (Å²) in [4.78, 5) is 29.8. The van der Waals surface area contributed by atoms with E-state index >= 15 is 0 Å². The minimum absolute atomic E-state index is 0.181. The van der Waals surface area contributed by atoms with Gasteiger partial charge in [0, 0.05) is 42.7 Å². The van der Waals surface area contributed by atoms with Crippen LogP contribution in [-0.2, 0) is 6.42 Å². The number of nitrogens with zero attached hydrogens (tertiary/aromatic N) is 4. The average molecular weight is 395 g/mol. The fraction of sp³-hybridized carbons (Fsp3) is 0.300. The second kappa shape index (κ2) is 7.55. The number of thiophene rings is 1. The van der Waals surface area contributed by atoms with E-state index in [1.807, 2.05) is 37.5 Å². The Kier molecular flexibility index (Phi) is 4.95. The predicted molar refractivity (Wildman–Crippen MR) is 111 cm³/mol. The highest BCUT2D eigenvalue weighted by atomic mass is 32.1. The molecule has 4 rings (SSSR count). The molecular weight excluding hydrogens is 372 g/mol. The van der Waals surface area contributed by atoms with E-state index in [4.69, 9.17) is 5.73 Å². The van der Waals surface area contributed by atoms with Gasteiger partial charge in [-0.25, -0.2) is 19.7 Å². The van der Waals surface area contributed by atoms with E-state index in [1.165, 1.54) is 4.88 Å². The highest BCUT2D eigenvalue weighted by molar-refractivity contribution is 7.15. The molecular formula is C20H22N6OS. The van der Waals surface area contributed by atoms with Crippen molar-refractivity contribution in [2.24, 2.45) is 5.92 Å². The lowest BCUT2D eigenvalue weighted by atomic mass is 9.96. The van der Waals surface area contributed by atoms with E-state index in [0.29, 0.717) is 30.5 Å². The lowest BCUT2D eigenvalue weighted by molar-refractivity contribution is 0.130. The van der Waals surface area contributed by atoms with Gasteiger partial charge in [0.25, 0.3) is 0 Å². The molecule has 7 nitrogen and oxygen atoms in total. The Morgan fingerprint density at radius 1 is 1.21 bits per heavy atom. The van der Waals surface area contributed by atoms with Crippen LogP contribution in [0.2, 0.25) is 0 Å². The summed E-state index contributed by atoms with van der Waals surface area (Å²) in [5, 5.41) is 2.85. The highest BCUT2D eigenvalue weighted by Crippen LogP contribution is 2.29. The second-order valence-electron chi connectivity index (χ2n) is 7.13. The molecule has 144 valence electrons. The van der Waals surface area contributed by atoms with Gasteiger partial charge >= 0.3 is 6.03 Å². The lowest BCUT2D eigenvalue weighted by Gasteiger charge is -2.38. The van der Waals surface area contributed by atoms with Crippen molar-refractivity contribution in [1.29, 1.82) is 0 Å². The molecule has 0 spiro atoms. The van der Waals surface area contributed by atoms with Crippen LogP contribution in [0, 0.1) is 19.8 Å². The molecule has 3 aromatic rings. The maximum atomic E-state index is 12.5. The molecule has 1 aliphatic rings. The number of likely N-dealkylation sites (tertiary alicyclic amines) is 1. The number of hydrogen-bond donors (Lipinski definition) is 2. The zero-order valence-corrected chi connectivity index (χ0v) is 16.7. The van der Waals surface area contributed by atoms with Crippen molar-refractivity contribution < 1.29 is 4.79 Å². The fourth-order valence-electron chi connectivity index (χ4n) is 3.11. The number of carbonyl (C=O) groups is 1. The highest BCUT2D eigenvalue weighted by Gasteiger charge is 2.31. The number of amides is 2. The van der Waals surface area contributed by atoms with E-state index < -0.39 is 0 Å². The molecule has 0 atom stereocenters. The van der Waals surface area contributed by atoms with Crippen LogP contribution in [0.4, 0.5) is 16.3 Å². The monoisotopic (exact) mass is 394 g/mol. The molecule has 3 aromatic heterocycles. The molecule has 28 heavy (non-hydrogen) atoms. The van der Waals surface area contributed by atoms with Crippen LogP contribution in [0.15, 0.2) is 36.7 Å². The minimum atomic E-state index is -0.181. The van der Waals surface area contributed by atoms with Crippen molar-refractivity contribution in [3.8, 4) is 10.6 Å². The summed E-state index contributed by atoms with van der Waals surface area (Å²) in [6.45, 7) is 5.36. The van der Waals surface area contributed by atoms with E-state index in [0.717, 1.165) is 28.4 Å². The van der Waals surface area contributed by atoms with Crippen molar-refractivity contribution in [2.45, 2.75) is 20.3 Å². The second-order valence-corrected chi connectivity index (χ2v) is 8.41.